The Labute approximate surface area is 120 Å². The zero-order valence-electron chi connectivity index (χ0n) is 11.3. The molecule has 0 aliphatic carbocycles. The fourth-order valence-corrected chi connectivity index (χ4v) is 3.49. The summed E-state index contributed by atoms with van der Waals surface area (Å²) in [6.07, 6.45) is 1.64. The maximum Gasteiger partial charge on any atom is 0.275 e. The molecule has 0 saturated carbocycles. The van der Waals surface area contributed by atoms with E-state index < -0.39 is 15.7 Å². The minimum Gasteiger partial charge on any atom is -0.494 e. The topological polar surface area (TPSA) is 81.5 Å². The van der Waals surface area contributed by atoms with Crippen molar-refractivity contribution in [3.05, 3.63) is 28.3 Å². The van der Waals surface area contributed by atoms with Crippen molar-refractivity contribution in [1.29, 1.82) is 0 Å². The first kappa shape index (κ1) is 14.8. The summed E-state index contributed by atoms with van der Waals surface area (Å²) >= 11 is 0. The Morgan fingerprint density at radius 1 is 1.40 bits per heavy atom. The van der Waals surface area contributed by atoms with Gasteiger partial charge in [0.15, 0.2) is 0 Å². The number of hydrogen-bond donors (Lipinski definition) is 1. The van der Waals surface area contributed by atoms with Crippen LogP contribution in [0.3, 0.4) is 0 Å². The van der Waals surface area contributed by atoms with Crippen molar-refractivity contribution >= 4 is 22.2 Å². The van der Waals surface area contributed by atoms with Gasteiger partial charge in [0.2, 0.25) is 0 Å². The minimum atomic E-state index is -0.711. The molecule has 0 aromatic heterocycles. The Bertz CT molecular complexity index is 511. The van der Waals surface area contributed by atoms with Crippen molar-refractivity contribution in [1.82, 2.24) is 0 Å². The van der Waals surface area contributed by atoms with Gasteiger partial charge in [0.05, 0.1) is 17.6 Å². The molecule has 1 aromatic rings. The lowest BCUT2D eigenvalue weighted by molar-refractivity contribution is -0.384. The number of hydrogen-bond acceptors (Lipinski definition) is 5. The Morgan fingerprint density at radius 3 is 2.70 bits per heavy atom. The maximum absolute atomic E-state index is 11.3. The van der Waals surface area contributed by atoms with Gasteiger partial charge in [-0.1, -0.05) is 0 Å². The molecule has 0 unspecified atom stereocenters. The summed E-state index contributed by atoms with van der Waals surface area (Å²) in [4.78, 5) is 10.5. The van der Waals surface area contributed by atoms with Gasteiger partial charge in [-0.15, -0.1) is 0 Å². The fourth-order valence-electron chi connectivity index (χ4n) is 2.20. The molecule has 1 aromatic carbocycles. The lowest BCUT2D eigenvalue weighted by Crippen LogP contribution is -2.29. The van der Waals surface area contributed by atoms with Crippen molar-refractivity contribution in [3.63, 3.8) is 0 Å². The Kier molecular flexibility index (Phi) is 4.94. The van der Waals surface area contributed by atoms with E-state index in [-0.39, 0.29) is 11.7 Å². The highest BCUT2D eigenvalue weighted by molar-refractivity contribution is 7.85. The summed E-state index contributed by atoms with van der Waals surface area (Å²) in [5, 5.41) is 14.2. The van der Waals surface area contributed by atoms with E-state index in [2.05, 4.69) is 5.32 Å². The van der Waals surface area contributed by atoms with Gasteiger partial charge in [0, 0.05) is 46.2 Å². The van der Waals surface area contributed by atoms with Crippen LogP contribution in [0.2, 0.25) is 0 Å². The fraction of sp³-hybridized carbons (Fsp3) is 0.538. The molecule has 1 heterocycles. The van der Waals surface area contributed by atoms with Crippen molar-refractivity contribution in [2.45, 2.75) is 25.8 Å². The second-order valence-corrected chi connectivity index (χ2v) is 6.37. The number of nitro groups is 1. The van der Waals surface area contributed by atoms with E-state index in [9.17, 15) is 14.3 Å². The molecular weight excluding hydrogens is 280 g/mol. The molecule has 1 aliphatic rings. The minimum absolute atomic E-state index is 0.0119. The van der Waals surface area contributed by atoms with Crippen LogP contribution in [-0.4, -0.2) is 33.3 Å². The number of rotatable bonds is 5. The quantitative estimate of drug-likeness (QED) is 0.666. The predicted octanol–water partition coefficient (Wildman–Crippen LogP) is 2.32. The smallest absolute Gasteiger partial charge is 0.275 e. The number of nitro benzene ring substituents is 1. The van der Waals surface area contributed by atoms with E-state index in [0.29, 0.717) is 29.5 Å². The van der Waals surface area contributed by atoms with Crippen LogP contribution in [0.1, 0.15) is 19.8 Å². The second-order valence-electron chi connectivity index (χ2n) is 4.67. The van der Waals surface area contributed by atoms with Crippen molar-refractivity contribution in [3.8, 4) is 5.75 Å². The third-order valence-corrected chi connectivity index (χ3v) is 4.55. The summed E-state index contributed by atoms with van der Waals surface area (Å²) in [7, 11) is -0.711. The van der Waals surface area contributed by atoms with Gasteiger partial charge >= 0.3 is 0 Å². The SMILES string of the molecule is CCOc1cc(NC2CCS(=O)CC2)cc([N+](=O)[O-])c1. The van der Waals surface area contributed by atoms with Gasteiger partial charge < -0.3 is 10.1 Å². The molecule has 0 bridgehead atoms. The van der Waals surface area contributed by atoms with Gasteiger partial charge in [-0.3, -0.25) is 14.3 Å². The van der Waals surface area contributed by atoms with Crippen LogP contribution in [0, 0.1) is 10.1 Å². The van der Waals surface area contributed by atoms with E-state index in [0.717, 1.165) is 12.8 Å². The van der Waals surface area contributed by atoms with Crippen molar-refractivity contribution < 1.29 is 13.9 Å². The summed E-state index contributed by atoms with van der Waals surface area (Å²) in [5.41, 5.74) is 0.693. The first-order chi connectivity index (χ1) is 9.58. The van der Waals surface area contributed by atoms with E-state index >= 15 is 0 Å². The molecule has 1 saturated heterocycles. The summed E-state index contributed by atoms with van der Waals surface area (Å²) in [6, 6.07) is 4.91. The van der Waals surface area contributed by atoms with Crippen LogP contribution in [0.15, 0.2) is 18.2 Å². The monoisotopic (exact) mass is 298 g/mol. The molecule has 0 radical (unpaired) electrons. The number of nitrogens with one attached hydrogen (secondary N) is 1. The predicted molar refractivity (Wildman–Crippen MR) is 78.8 cm³/mol. The normalized spacial score (nSPS) is 22.2. The van der Waals surface area contributed by atoms with Crippen molar-refractivity contribution in [2.75, 3.05) is 23.4 Å². The van der Waals surface area contributed by atoms with Gasteiger partial charge in [-0.05, 0) is 19.8 Å². The molecule has 0 spiro atoms. The Hall–Kier alpha value is -1.63. The highest BCUT2D eigenvalue weighted by Crippen LogP contribution is 2.27. The van der Waals surface area contributed by atoms with Crippen LogP contribution in [-0.2, 0) is 10.8 Å². The highest BCUT2D eigenvalue weighted by atomic mass is 32.2. The summed E-state index contributed by atoms with van der Waals surface area (Å²) < 4.78 is 16.7. The Balaban J connectivity index is 2.13. The molecular formula is C13H18N2O4S. The lowest BCUT2D eigenvalue weighted by Gasteiger charge is -2.23. The summed E-state index contributed by atoms with van der Waals surface area (Å²) in [6.45, 7) is 2.30. The van der Waals surface area contributed by atoms with Crippen LogP contribution < -0.4 is 10.1 Å². The average molecular weight is 298 g/mol. The molecule has 20 heavy (non-hydrogen) atoms. The standard InChI is InChI=1S/C13H18N2O4S/c1-2-19-13-8-11(7-12(9-13)15(16)17)14-10-3-5-20(18)6-4-10/h7-10,14H,2-6H2,1H3. The van der Waals surface area contributed by atoms with Crippen LogP contribution in [0.4, 0.5) is 11.4 Å². The summed E-state index contributed by atoms with van der Waals surface area (Å²) in [5.74, 6) is 1.86. The molecule has 0 atom stereocenters. The number of nitrogens with zero attached hydrogens (tertiary/aromatic N) is 1. The van der Waals surface area contributed by atoms with E-state index in [4.69, 9.17) is 4.74 Å². The van der Waals surface area contributed by atoms with Gasteiger partial charge in [0.1, 0.15) is 5.75 Å². The molecule has 110 valence electrons. The molecule has 1 aliphatic heterocycles. The highest BCUT2D eigenvalue weighted by Gasteiger charge is 2.19. The van der Waals surface area contributed by atoms with Gasteiger partial charge in [-0.2, -0.15) is 0 Å². The third kappa shape index (κ3) is 3.93. The van der Waals surface area contributed by atoms with Crippen LogP contribution in [0.25, 0.3) is 0 Å². The molecule has 2 rings (SSSR count). The Morgan fingerprint density at radius 2 is 2.10 bits per heavy atom. The molecule has 6 nitrogen and oxygen atoms in total. The first-order valence-corrected chi connectivity index (χ1v) is 8.11. The van der Waals surface area contributed by atoms with Crippen molar-refractivity contribution in [2.24, 2.45) is 0 Å². The van der Waals surface area contributed by atoms with Crippen LogP contribution >= 0.6 is 0 Å². The van der Waals surface area contributed by atoms with Crippen LogP contribution in [0.5, 0.6) is 5.75 Å². The third-order valence-electron chi connectivity index (χ3n) is 3.17. The number of benzene rings is 1. The zero-order valence-corrected chi connectivity index (χ0v) is 12.1. The van der Waals surface area contributed by atoms with E-state index in [1.165, 1.54) is 12.1 Å². The molecule has 7 heteroatoms. The lowest BCUT2D eigenvalue weighted by atomic mass is 10.1. The number of non-ortho nitro benzene ring substituents is 1. The second kappa shape index (κ2) is 6.69. The molecule has 0 amide bonds. The first-order valence-electron chi connectivity index (χ1n) is 6.62. The van der Waals surface area contributed by atoms with E-state index in [1.807, 2.05) is 6.92 Å². The maximum atomic E-state index is 11.3. The average Bonchev–Trinajstić information content (AvgIpc) is 2.41. The molecule has 1 N–H and O–H groups in total. The number of anilines is 1. The van der Waals surface area contributed by atoms with Gasteiger partial charge in [-0.25, -0.2) is 0 Å². The van der Waals surface area contributed by atoms with Gasteiger partial charge in [0.25, 0.3) is 5.69 Å². The van der Waals surface area contributed by atoms with E-state index in [1.54, 1.807) is 6.07 Å². The molecule has 1 fully saturated rings. The largest absolute Gasteiger partial charge is 0.494 e. The zero-order chi connectivity index (χ0) is 14.5. The number of ether oxygens (including phenoxy) is 1.